The average molecular weight is 297 g/mol. The molecule has 0 aromatic heterocycles. The van der Waals surface area contributed by atoms with E-state index >= 15 is 0 Å². The van der Waals surface area contributed by atoms with Gasteiger partial charge in [0.15, 0.2) is 0 Å². The summed E-state index contributed by atoms with van der Waals surface area (Å²) in [6.45, 7) is 0. The molecule has 0 heterocycles. The zero-order valence-corrected chi connectivity index (χ0v) is 11.5. The standard InChI is InChI=1S/C16H17F3O2/c17-16(18,19)12-4-6-14-10(8-12)2-1-9-7-11(15(20)21)3-5-13(9)14/h3,5,7,10,12,14H,1-2,4,6,8H2,(H,20,21)/p-1. The van der Waals surface area contributed by atoms with Gasteiger partial charge in [0.25, 0.3) is 0 Å². The number of hydrogen-bond donors (Lipinski definition) is 0. The molecule has 1 aromatic rings. The van der Waals surface area contributed by atoms with Gasteiger partial charge in [0.1, 0.15) is 0 Å². The van der Waals surface area contributed by atoms with Gasteiger partial charge >= 0.3 is 6.18 Å². The highest BCUT2D eigenvalue weighted by molar-refractivity contribution is 5.86. The Hall–Kier alpha value is -1.52. The fraction of sp³-hybridized carbons (Fsp3) is 0.562. The molecule has 114 valence electrons. The number of carboxylic acids is 1. The monoisotopic (exact) mass is 297 g/mol. The lowest BCUT2D eigenvalue weighted by Crippen LogP contribution is -2.34. The maximum absolute atomic E-state index is 12.9. The van der Waals surface area contributed by atoms with E-state index in [4.69, 9.17) is 0 Å². The van der Waals surface area contributed by atoms with Crippen molar-refractivity contribution in [1.29, 1.82) is 0 Å². The Morgan fingerprint density at radius 2 is 1.95 bits per heavy atom. The van der Waals surface area contributed by atoms with Gasteiger partial charge in [-0.25, -0.2) is 0 Å². The van der Waals surface area contributed by atoms with E-state index in [1.165, 1.54) is 6.07 Å². The summed E-state index contributed by atoms with van der Waals surface area (Å²) >= 11 is 0. The van der Waals surface area contributed by atoms with Gasteiger partial charge in [0, 0.05) is 0 Å². The maximum Gasteiger partial charge on any atom is 0.391 e. The highest BCUT2D eigenvalue weighted by Gasteiger charge is 2.46. The highest BCUT2D eigenvalue weighted by atomic mass is 19.4. The van der Waals surface area contributed by atoms with Crippen LogP contribution in [0.3, 0.4) is 0 Å². The molecular formula is C16H16F3O2-. The van der Waals surface area contributed by atoms with Crippen LogP contribution in [0.5, 0.6) is 0 Å². The molecular weight excluding hydrogens is 281 g/mol. The van der Waals surface area contributed by atoms with Gasteiger partial charge in [0.2, 0.25) is 0 Å². The van der Waals surface area contributed by atoms with Gasteiger partial charge in [-0.15, -0.1) is 0 Å². The molecule has 1 fully saturated rings. The Bertz CT molecular complexity index is 565. The van der Waals surface area contributed by atoms with E-state index in [0.29, 0.717) is 19.3 Å². The summed E-state index contributed by atoms with van der Waals surface area (Å²) in [5.41, 5.74) is 2.15. The molecule has 0 N–H and O–H groups in total. The number of carbonyl (C=O) groups is 1. The molecule has 2 aliphatic carbocycles. The third-order valence-corrected chi connectivity index (χ3v) is 5.01. The first-order valence-corrected chi connectivity index (χ1v) is 7.27. The quantitative estimate of drug-likeness (QED) is 0.799. The zero-order chi connectivity index (χ0) is 15.2. The molecule has 3 unspecified atom stereocenters. The van der Waals surface area contributed by atoms with Gasteiger partial charge in [0.05, 0.1) is 11.9 Å². The highest BCUT2D eigenvalue weighted by Crippen LogP contribution is 2.50. The number of halogens is 3. The minimum Gasteiger partial charge on any atom is -0.545 e. The van der Waals surface area contributed by atoms with Gasteiger partial charge < -0.3 is 9.90 Å². The van der Waals surface area contributed by atoms with Crippen LogP contribution in [0.1, 0.15) is 53.1 Å². The van der Waals surface area contributed by atoms with Crippen LogP contribution in [-0.2, 0) is 6.42 Å². The molecule has 3 rings (SSSR count). The molecule has 1 saturated carbocycles. The summed E-state index contributed by atoms with van der Waals surface area (Å²) < 4.78 is 38.6. The van der Waals surface area contributed by atoms with Crippen LogP contribution < -0.4 is 5.11 Å². The van der Waals surface area contributed by atoms with E-state index in [1.807, 2.05) is 0 Å². The molecule has 2 aliphatic rings. The number of aromatic carboxylic acids is 1. The summed E-state index contributed by atoms with van der Waals surface area (Å²) in [6.07, 6.45) is -1.82. The Morgan fingerprint density at radius 3 is 2.62 bits per heavy atom. The predicted molar refractivity (Wildman–Crippen MR) is 68.7 cm³/mol. The molecule has 0 aliphatic heterocycles. The van der Waals surface area contributed by atoms with E-state index < -0.39 is 18.1 Å². The summed E-state index contributed by atoms with van der Waals surface area (Å²) in [6, 6.07) is 4.90. The van der Waals surface area contributed by atoms with E-state index in [-0.39, 0.29) is 30.2 Å². The van der Waals surface area contributed by atoms with Crippen molar-refractivity contribution in [2.24, 2.45) is 11.8 Å². The lowest BCUT2D eigenvalue weighted by atomic mass is 9.65. The second-order valence-corrected chi connectivity index (χ2v) is 6.16. The second-order valence-electron chi connectivity index (χ2n) is 6.16. The van der Waals surface area contributed by atoms with E-state index in [1.54, 1.807) is 12.1 Å². The number of carboxylic acid groups (broad SMARTS) is 1. The van der Waals surface area contributed by atoms with Crippen molar-refractivity contribution in [1.82, 2.24) is 0 Å². The van der Waals surface area contributed by atoms with Crippen LogP contribution in [0.2, 0.25) is 0 Å². The first-order valence-electron chi connectivity index (χ1n) is 7.27. The molecule has 0 amide bonds. The Morgan fingerprint density at radius 1 is 1.19 bits per heavy atom. The summed E-state index contributed by atoms with van der Waals surface area (Å²) in [7, 11) is 0. The van der Waals surface area contributed by atoms with Gasteiger partial charge in [-0.2, -0.15) is 13.2 Å². The molecule has 0 spiro atoms. The molecule has 21 heavy (non-hydrogen) atoms. The van der Waals surface area contributed by atoms with Crippen molar-refractivity contribution in [3.63, 3.8) is 0 Å². The Kier molecular flexibility index (Phi) is 3.46. The largest absolute Gasteiger partial charge is 0.545 e. The SMILES string of the molecule is O=C([O-])c1ccc2c(c1)CCC1CC(C(F)(F)F)CCC21. The normalized spacial score (nSPS) is 28.6. The molecule has 0 saturated heterocycles. The predicted octanol–water partition coefficient (Wildman–Crippen LogP) is 3.06. The molecule has 3 atom stereocenters. The number of alkyl halides is 3. The third-order valence-electron chi connectivity index (χ3n) is 5.01. The van der Waals surface area contributed by atoms with Gasteiger partial charge in [-0.05, 0) is 66.7 Å². The van der Waals surface area contributed by atoms with Crippen LogP contribution in [0, 0.1) is 11.8 Å². The maximum atomic E-state index is 12.9. The van der Waals surface area contributed by atoms with E-state index in [0.717, 1.165) is 11.1 Å². The first kappa shape index (κ1) is 14.4. The number of carbonyl (C=O) groups excluding carboxylic acids is 1. The lowest BCUT2D eigenvalue weighted by molar-refractivity contribution is -0.255. The number of benzene rings is 1. The van der Waals surface area contributed by atoms with Crippen molar-refractivity contribution >= 4 is 5.97 Å². The molecule has 0 radical (unpaired) electrons. The van der Waals surface area contributed by atoms with Crippen LogP contribution in [0.25, 0.3) is 0 Å². The van der Waals surface area contributed by atoms with E-state index in [2.05, 4.69) is 0 Å². The summed E-state index contributed by atoms with van der Waals surface area (Å²) in [4.78, 5) is 10.9. The smallest absolute Gasteiger partial charge is 0.391 e. The van der Waals surface area contributed by atoms with Gasteiger partial charge in [-0.1, -0.05) is 12.1 Å². The minimum atomic E-state index is -4.09. The van der Waals surface area contributed by atoms with Crippen molar-refractivity contribution in [3.05, 3.63) is 34.9 Å². The molecule has 1 aromatic carbocycles. The van der Waals surface area contributed by atoms with Crippen LogP contribution in [-0.4, -0.2) is 12.1 Å². The summed E-state index contributed by atoms with van der Waals surface area (Å²) in [5.74, 6) is -2.18. The minimum absolute atomic E-state index is 0.0617. The Balaban J connectivity index is 1.84. The second kappa shape index (κ2) is 5.04. The van der Waals surface area contributed by atoms with Crippen LogP contribution in [0.15, 0.2) is 18.2 Å². The van der Waals surface area contributed by atoms with Crippen LogP contribution in [0.4, 0.5) is 13.2 Å². The fourth-order valence-electron chi connectivity index (χ4n) is 3.94. The van der Waals surface area contributed by atoms with Crippen molar-refractivity contribution < 1.29 is 23.1 Å². The van der Waals surface area contributed by atoms with E-state index in [9.17, 15) is 23.1 Å². The molecule has 2 nitrogen and oxygen atoms in total. The molecule has 0 bridgehead atoms. The zero-order valence-electron chi connectivity index (χ0n) is 11.5. The first-order chi connectivity index (χ1) is 9.86. The number of rotatable bonds is 1. The number of hydrogen-bond acceptors (Lipinski definition) is 2. The fourth-order valence-corrected chi connectivity index (χ4v) is 3.94. The summed E-state index contributed by atoms with van der Waals surface area (Å²) in [5, 5.41) is 10.9. The topological polar surface area (TPSA) is 40.1 Å². The number of aryl methyl sites for hydroxylation is 1. The van der Waals surface area contributed by atoms with Crippen LogP contribution >= 0.6 is 0 Å². The van der Waals surface area contributed by atoms with Crippen molar-refractivity contribution in [2.75, 3.05) is 0 Å². The Labute approximate surface area is 121 Å². The molecule has 5 heteroatoms. The van der Waals surface area contributed by atoms with Gasteiger partial charge in [-0.3, -0.25) is 0 Å². The average Bonchev–Trinajstić information content (AvgIpc) is 2.44. The van der Waals surface area contributed by atoms with Crippen molar-refractivity contribution in [3.8, 4) is 0 Å². The lowest BCUT2D eigenvalue weighted by Gasteiger charge is -2.41. The third kappa shape index (κ3) is 2.65. The van der Waals surface area contributed by atoms with Crippen molar-refractivity contribution in [2.45, 2.75) is 44.2 Å². The number of fused-ring (bicyclic) bond motifs is 3.